The minimum atomic E-state index is 0.715. The monoisotopic (exact) mass is 155 g/mol. The van der Waals surface area contributed by atoms with Crippen LogP contribution >= 0.6 is 11.3 Å². The second kappa shape index (κ2) is 3.37. The van der Waals surface area contributed by atoms with Crippen molar-refractivity contribution in [2.45, 2.75) is 6.54 Å². The highest BCUT2D eigenvalue weighted by atomic mass is 32.1. The molecule has 1 aromatic rings. The number of hydrogen-bond donors (Lipinski definition) is 0. The van der Waals surface area contributed by atoms with Crippen LogP contribution in [0.15, 0.2) is 16.8 Å². The number of amides is 1. The Hall–Kier alpha value is -0.830. The Bertz CT molecular complexity index is 195. The van der Waals surface area contributed by atoms with Crippen LogP contribution in [0.5, 0.6) is 0 Å². The van der Waals surface area contributed by atoms with Gasteiger partial charge in [0, 0.05) is 13.6 Å². The molecule has 54 valence electrons. The Kier molecular flexibility index (Phi) is 2.45. The van der Waals surface area contributed by atoms with Crippen molar-refractivity contribution in [2.24, 2.45) is 0 Å². The fourth-order valence-electron chi connectivity index (χ4n) is 0.708. The zero-order valence-electron chi connectivity index (χ0n) is 5.78. The lowest BCUT2D eigenvalue weighted by molar-refractivity contribution is -0.117. The summed E-state index contributed by atoms with van der Waals surface area (Å²) in [6, 6.07) is 2.02. The standard InChI is InChI=1S/C7H9NOS/c1-8(6-9)4-7-2-3-10-5-7/h2-3,5-6H,4H2,1H3. The van der Waals surface area contributed by atoms with Gasteiger partial charge in [-0.25, -0.2) is 0 Å². The number of hydrogen-bond acceptors (Lipinski definition) is 2. The molecule has 0 aliphatic carbocycles. The van der Waals surface area contributed by atoms with Crippen molar-refractivity contribution in [1.29, 1.82) is 0 Å². The molecule has 0 saturated heterocycles. The summed E-state index contributed by atoms with van der Waals surface area (Å²) < 4.78 is 0. The molecule has 0 aromatic carbocycles. The smallest absolute Gasteiger partial charge is 0.209 e. The maximum Gasteiger partial charge on any atom is 0.209 e. The summed E-state index contributed by atoms with van der Waals surface area (Å²) in [5, 5.41) is 4.05. The Balaban J connectivity index is 2.47. The maximum absolute atomic E-state index is 10.2. The molecule has 0 radical (unpaired) electrons. The fourth-order valence-corrected chi connectivity index (χ4v) is 1.37. The van der Waals surface area contributed by atoms with Crippen molar-refractivity contribution in [1.82, 2.24) is 4.90 Å². The highest BCUT2D eigenvalue weighted by molar-refractivity contribution is 7.07. The molecule has 0 aliphatic heterocycles. The average molecular weight is 155 g/mol. The van der Waals surface area contributed by atoms with Crippen molar-refractivity contribution >= 4 is 17.7 Å². The second-order valence-electron chi connectivity index (χ2n) is 2.15. The molecule has 0 N–H and O–H groups in total. The van der Waals surface area contributed by atoms with Crippen LogP contribution in [0.1, 0.15) is 5.56 Å². The number of thiophene rings is 1. The summed E-state index contributed by atoms with van der Waals surface area (Å²) >= 11 is 1.65. The molecule has 1 heterocycles. The highest BCUT2D eigenvalue weighted by Crippen LogP contribution is 2.06. The van der Waals surface area contributed by atoms with Crippen LogP contribution in [-0.4, -0.2) is 18.4 Å². The third kappa shape index (κ3) is 1.84. The van der Waals surface area contributed by atoms with Gasteiger partial charge in [-0.15, -0.1) is 0 Å². The van der Waals surface area contributed by atoms with E-state index in [-0.39, 0.29) is 0 Å². The van der Waals surface area contributed by atoms with E-state index in [1.165, 1.54) is 5.56 Å². The molecule has 0 unspecified atom stereocenters. The molecule has 0 fully saturated rings. The molecule has 0 aliphatic rings. The van der Waals surface area contributed by atoms with Gasteiger partial charge in [0.1, 0.15) is 0 Å². The lowest BCUT2D eigenvalue weighted by atomic mass is 10.3. The van der Waals surface area contributed by atoms with Crippen molar-refractivity contribution in [3.05, 3.63) is 22.4 Å². The van der Waals surface area contributed by atoms with E-state index in [0.717, 1.165) is 6.41 Å². The number of carbonyl (C=O) groups is 1. The molecule has 0 spiro atoms. The summed E-state index contributed by atoms with van der Waals surface area (Å²) in [5.41, 5.74) is 1.19. The van der Waals surface area contributed by atoms with Gasteiger partial charge in [0.05, 0.1) is 0 Å². The van der Waals surface area contributed by atoms with E-state index in [4.69, 9.17) is 0 Å². The van der Waals surface area contributed by atoms with Gasteiger partial charge in [-0.1, -0.05) is 0 Å². The van der Waals surface area contributed by atoms with Gasteiger partial charge < -0.3 is 4.90 Å². The van der Waals surface area contributed by atoms with Crippen molar-refractivity contribution < 1.29 is 4.79 Å². The summed E-state index contributed by atoms with van der Waals surface area (Å²) in [6.45, 7) is 0.715. The molecule has 2 nitrogen and oxygen atoms in total. The van der Waals surface area contributed by atoms with Crippen molar-refractivity contribution in [3.8, 4) is 0 Å². The largest absolute Gasteiger partial charge is 0.344 e. The zero-order valence-corrected chi connectivity index (χ0v) is 6.60. The van der Waals surface area contributed by atoms with Crippen LogP contribution in [-0.2, 0) is 11.3 Å². The Morgan fingerprint density at radius 1 is 1.80 bits per heavy atom. The minimum absolute atomic E-state index is 0.715. The molecular weight excluding hydrogens is 146 g/mol. The lowest BCUT2D eigenvalue weighted by Gasteiger charge is -2.07. The third-order valence-electron chi connectivity index (χ3n) is 1.19. The topological polar surface area (TPSA) is 20.3 Å². The van der Waals surface area contributed by atoms with Crippen molar-refractivity contribution in [3.63, 3.8) is 0 Å². The first-order valence-corrected chi connectivity index (χ1v) is 3.94. The first-order valence-electron chi connectivity index (χ1n) is 2.99. The molecule has 0 bridgehead atoms. The second-order valence-corrected chi connectivity index (χ2v) is 2.93. The molecule has 0 saturated carbocycles. The maximum atomic E-state index is 10.2. The summed E-state index contributed by atoms with van der Waals surface area (Å²) in [6.07, 6.45) is 0.831. The van der Waals surface area contributed by atoms with Crippen molar-refractivity contribution in [2.75, 3.05) is 7.05 Å². The molecule has 0 atom stereocenters. The van der Waals surface area contributed by atoms with E-state index in [1.54, 1.807) is 23.3 Å². The fraction of sp³-hybridized carbons (Fsp3) is 0.286. The number of rotatable bonds is 3. The van der Waals surface area contributed by atoms with Gasteiger partial charge in [-0.3, -0.25) is 4.79 Å². The minimum Gasteiger partial charge on any atom is -0.344 e. The third-order valence-corrected chi connectivity index (χ3v) is 1.92. The van der Waals surface area contributed by atoms with E-state index < -0.39 is 0 Å². The van der Waals surface area contributed by atoms with E-state index in [2.05, 4.69) is 0 Å². The van der Waals surface area contributed by atoms with Gasteiger partial charge in [0.2, 0.25) is 6.41 Å². The predicted molar refractivity (Wildman–Crippen MR) is 41.9 cm³/mol. The molecule has 1 aromatic heterocycles. The number of nitrogens with zero attached hydrogens (tertiary/aromatic N) is 1. The van der Waals surface area contributed by atoms with Crippen LogP contribution in [0.2, 0.25) is 0 Å². The summed E-state index contributed by atoms with van der Waals surface area (Å²) in [7, 11) is 1.77. The Labute approximate surface area is 64.1 Å². The van der Waals surface area contributed by atoms with E-state index in [9.17, 15) is 4.79 Å². The van der Waals surface area contributed by atoms with E-state index >= 15 is 0 Å². The van der Waals surface area contributed by atoms with Gasteiger partial charge in [0.15, 0.2) is 0 Å². The zero-order chi connectivity index (χ0) is 7.40. The Morgan fingerprint density at radius 3 is 3.10 bits per heavy atom. The SMILES string of the molecule is CN(C=O)Cc1ccsc1. The van der Waals surface area contributed by atoms with Crippen LogP contribution in [0.3, 0.4) is 0 Å². The first kappa shape index (κ1) is 7.28. The Morgan fingerprint density at radius 2 is 2.60 bits per heavy atom. The first-order chi connectivity index (χ1) is 4.83. The highest BCUT2D eigenvalue weighted by Gasteiger charge is 1.95. The van der Waals surface area contributed by atoms with Crippen LogP contribution in [0.25, 0.3) is 0 Å². The van der Waals surface area contributed by atoms with Crippen LogP contribution < -0.4 is 0 Å². The van der Waals surface area contributed by atoms with Gasteiger partial charge >= 0.3 is 0 Å². The normalized spacial score (nSPS) is 9.30. The van der Waals surface area contributed by atoms with Gasteiger partial charge in [-0.05, 0) is 22.4 Å². The summed E-state index contributed by atoms with van der Waals surface area (Å²) in [5.74, 6) is 0. The molecular formula is C7H9NOS. The van der Waals surface area contributed by atoms with E-state index in [1.807, 2.05) is 16.8 Å². The predicted octanol–water partition coefficient (Wildman–Crippen LogP) is 1.34. The molecule has 1 rings (SSSR count). The molecule has 3 heteroatoms. The van der Waals surface area contributed by atoms with E-state index in [0.29, 0.717) is 6.54 Å². The quantitative estimate of drug-likeness (QED) is 0.603. The van der Waals surface area contributed by atoms with Gasteiger partial charge in [-0.2, -0.15) is 11.3 Å². The molecule has 1 amide bonds. The average Bonchev–Trinajstić information content (AvgIpc) is 2.40. The molecule has 10 heavy (non-hydrogen) atoms. The lowest BCUT2D eigenvalue weighted by Crippen LogP contribution is -2.14. The summed E-state index contributed by atoms with van der Waals surface area (Å²) in [4.78, 5) is 11.8. The van der Waals surface area contributed by atoms with Crippen LogP contribution in [0, 0.1) is 0 Å². The van der Waals surface area contributed by atoms with Crippen LogP contribution in [0.4, 0.5) is 0 Å². The van der Waals surface area contributed by atoms with Gasteiger partial charge in [0.25, 0.3) is 0 Å². The number of carbonyl (C=O) groups excluding carboxylic acids is 1.